The van der Waals surface area contributed by atoms with Gasteiger partial charge in [0.2, 0.25) is 0 Å². The summed E-state index contributed by atoms with van der Waals surface area (Å²) in [5, 5.41) is 19.5. The molecule has 5 heteroatoms. The Labute approximate surface area is 101 Å². The standard InChI is InChI=1S/C9H10BrClO2S/c10-6-2-1-5(3-7(6)11)9(13)8(12)4-14/h1-3,8-9,12-14H,4H2. The van der Waals surface area contributed by atoms with E-state index in [1.807, 2.05) is 0 Å². The van der Waals surface area contributed by atoms with Crippen molar-refractivity contribution in [3.63, 3.8) is 0 Å². The van der Waals surface area contributed by atoms with Crippen LogP contribution in [0.2, 0.25) is 5.02 Å². The predicted molar refractivity (Wildman–Crippen MR) is 64.0 cm³/mol. The average Bonchev–Trinajstić information content (AvgIpc) is 2.20. The molecule has 0 aliphatic rings. The van der Waals surface area contributed by atoms with Gasteiger partial charge in [-0.1, -0.05) is 17.7 Å². The highest BCUT2D eigenvalue weighted by atomic mass is 79.9. The lowest BCUT2D eigenvalue weighted by molar-refractivity contribution is 0.0337. The maximum atomic E-state index is 9.63. The number of benzene rings is 1. The van der Waals surface area contributed by atoms with Crippen LogP contribution in [0.4, 0.5) is 0 Å². The van der Waals surface area contributed by atoms with Crippen LogP contribution in [0.5, 0.6) is 0 Å². The maximum Gasteiger partial charge on any atom is 0.106 e. The normalized spacial score (nSPS) is 15.2. The number of aliphatic hydroxyl groups excluding tert-OH is 2. The van der Waals surface area contributed by atoms with Crippen LogP contribution in [0.15, 0.2) is 22.7 Å². The quantitative estimate of drug-likeness (QED) is 0.750. The van der Waals surface area contributed by atoms with Gasteiger partial charge in [-0.2, -0.15) is 12.6 Å². The number of aliphatic hydroxyl groups is 2. The molecule has 2 atom stereocenters. The zero-order valence-electron chi connectivity index (χ0n) is 7.19. The molecule has 0 saturated heterocycles. The highest BCUT2D eigenvalue weighted by Crippen LogP contribution is 2.27. The molecule has 0 radical (unpaired) electrons. The fourth-order valence-corrected chi connectivity index (χ4v) is 1.65. The van der Waals surface area contributed by atoms with Gasteiger partial charge in [0.1, 0.15) is 6.10 Å². The van der Waals surface area contributed by atoms with Crippen LogP contribution < -0.4 is 0 Å². The molecule has 1 aromatic carbocycles. The summed E-state index contributed by atoms with van der Waals surface area (Å²) >= 11 is 13.0. The molecule has 1 rings (SSSR count). The summed E-state index contributed by atoms with van der Waals surface area (Å²) in [6, 6.07) is 5.04. The largest absolute Gasteiger partial charge is 0.389 e. The first kappa shape index (κ1) is 12.3. The Bertz CT molecular complexity index is 322. The number of rotatable bonds is 3. The van der Waals surface area contributed by atoms with Crippen LogP contribution in [0.25, 0.3) is 0 Å². The minimum Gasteiger partial charge on any atom is -0.389 e. The molecule has 0 aliphatic carbocycles. The summed E-state index contributed by atoms with van der Waals surface area (Å²) in [7, 11) is 0. The lowest BCUT2D eigenvalue weighted by Gasteiger charge is -2.16. The topological polar surface area (TPSA) is 40.5 Å². The lowest BCUT2D eigenvalue weighted by Crippen LogP contribution is -2.19. The van der Waals surface area contributed by atoms with Gasteiger partial charge in [0, 0.05) is 10.2 Å². The Morgan fingerprint density at radius 2 is 2.07 bits per heavy atom. The van der Waals surface area contributed by atoms with Crippen LogP contribution in [0.1, 0.15) is 11.7 Å². The molecule has 0 fully saturated rings. The van der Waals surface area contributed by atoms with Gasteiger partial charge >= 0.3 is 0 Å². The molecule has 0 aromatic heterocycles. The van der Waals surface area contributed by atoms with Gasteiger partial charge in [-0.25, -0.2) is 0 Å². The molecule has 2 unspecified atom stereocenters. The van der Waals surface area contributed by atoms with Crippen molar-refractivity contribution in [3.05, 3.63) is 33.3 Å². The van der Waals surface area contributed by atoms with Gasteiger partial charge in [0.25, 0.3) is 0 Å². The van der Waals surface area contributed by atoms with Gasteiger partial charge < -0.3 is 10.2 Å². The molecule has 0 bridgehead atoms. The Kier molecular flexibility index (Phi) is 4.73. The Morgan fingerprint density at radius 1 is 1.43 bits per heavy atom. The first-order valence-corrected chi connectivity index (χ1v) is 5.78. The second kappa shape index (κ2) is 5.37. The van der Waals surface area contributed by atoms with Gasteiger partial charge in [-0.3, -0.25) is 0 Å². The Hall–Kier alpha value is 0.260. The SMILES string of the molecule is OC(CS)C(O)c1ccc(Br)c(Cl)c1. The minimum absolute atomic E-state index is 0.203. The third-order valence-corrected chi connectivity index (χ3v) is 3.44. The molecule has 0 heterocycles. The summed E-state index contributed by atoms with van der Waals surface area (Å²) in [4.78, 5) is 0. The molecular formula is C9H10BrClO2S. The minimum atomic E-state index is -0.946. The summed E-state index contributed by atoms with van der Waals surface area (Å²) < 4.78 is 0.760. The molecule has 0 aliphatic heterocycles. The fourth-order valence-electron chi connectivity index (χ4n) is 1.02. The lowest BCUT2D eigenvalue weighted by atomic mass is 10.1. The van der Waals surface area contributed by atoms with Crippen molar-refractivity contribution in [1.29, 1.82) is 0 Å². The second-order valence-corrected chi connectivity index (χ2v) is 4.49. The fraction of sp³-hybridized carbons (Fsp3) is 0.333. The molecule has 1 aromatic rings. The molecule has 0 spiro atoms. The molecule has 0 saturated carbocycles. The number of hydrogen-bond acceptors (Lipinski definition) is 3. The van der Waals surface area contributed by atoms with E-state index in [0.29, 0.717) is 10.6 Å². The van der Waals surface area contributed by atoms with E-state index < -0.39 is 12.2 Å². The number of halogens is 2. The molecule has 78 valence electrons. The molecule has 14 heavy (non-hydrogen) atoms. The van der Waals surface area contributed by atoms with E-state index in [1.165, 1.54) is 0 Å². The molecular weight excluding hydrogens is 288 g/mol. The van der Waals surface area contributed by atoms with E-state index in [9.17, 15) is 10.2 Å². The van der Waals surface area contributed by atoms with Crippen LogP contribution in [-0.2, 0) is 0 Å². The van der Waals surface area contributed by atoms with Crippen molar-refractivity contribution in [2.45, 2.75) is 12.2 Å². The average molecular weight is 298 g/mol. The van der Waals surface area contributed by atoms with Crippen LogP contribution >= 0.6 is 40.2 Å². The van der Waals surface area contributed by atoms with Crippen molar-refractivity contribution in [3.8, 4) is 0 Å². The monoisotopic (exact) mass is 296 g/mol. The maximum absolute atomic E-state index is 9.63. The zero-order valence-corrected chi connectivity index (χ0v) is 10.4. The van der Waals surface area contributed by atoms with Crippen molar-refractivity contribution in [2.24, 2.45) is 0 Å². The van der Waals surface area contributed by atoms with Crippen LogP contribution in [0, 0.1) is 0 Å². The van der Waals surface area contributed by atoms with Crippen molar-refractivity contribution in [1.82, 2.24) is 0 Å². The van der Waals surface area contributed by atoms with E-state index in [0.717, 1.165) is 4.47 Å². The summed E-state index contributed by atoms with van der Waals surface area (Å²) in [6.45, 7) is 0. The molecule has 0 amide bonds. The summed E-state index contributed by atoms with van der Waals surface area (Å²) in [5.41, 5.74) is 0.583. The number of thiol groups is 1. The van der Waals surface area contributed by atoms with Crippen LogP contribution in [-0.4, -0.2) is 22.1 Å². The van der Waals surface area contributed by atoms with Gasteiger partial charge in [0.15, 0.2) is 0 Å². The molecule has 2 nitrogen and oxygen atoms in total. The van der Waals surface area contributed by atoms with E-state index in [1.54, 1.807) is 18.2 Å². The summed E-state index contributed by atoms with van der Waals surface area (Å²) in [5.74, 6) is 0.203. The summed E-state index contributed by atoms with van der Waals surface area (Å²) in [6.07, 6.45) is -1.83. The zero-order chi connectivity index (χ0) is 10.7. The third-order valence-electron chi connectivity index (χ3n) is 1.84. The van der Waals surface area contributed by atoms with Gasteiger partial charge in [0.05, 0.1) is 11.1 Å². The third kappa shape index (κ3) is 2.87. The Morgan fingerprint density at radius 3 is 2.57 bits per heavy atom. The first-order valence-electron chi connectivity index (χ1n) is 3.98. The highest BCUT2D eigenvalue weighted by Gasteiger charge is 2.17. The smallest absolute Gasteiger partial charge is 0.106 e. The highest BCUT2D eigenvalue weighted by molar-refractivity contribution is 9.10. The second-order valence-electron chi connectivity index (χ2n) is 2.87. The number of hydrogen-bond donors (Lipinski definition) is 3. The van der Waals surface area contributed by atoms with Crippen LogP contribution in [0.3, 0.4) is 0 Å². The van der Waals surface area contributed by atoms with E-state index in [-0.39, 0.29) is 5.75 Å². The van der Waals surface area contributed by atoms with Gasteiger partial charge in [-0.05, 0) is 33.6 Å². The first-order chi connectivity index (χ1) is 6.56. The van der Waals surface area contributed by atoms with Crippen molar-refractivity contribution < 1.29 is 10.2 Å². The predicted octanol–water partition coefficient (Wildman–Crippen LogP) is 2.43. The van der Waals surface area contributed by atoms with Crippen molar-refractivity contribution >= 4 is 40.2 Å². The Balaban J connectivity index is 2.91. The van der Waals surface area contributed by atoms with E-state index in [4.69, 9.17) is 11.6 Å². The van der Waals surface area contributed by atoms with E-state index in [2.05, 4.69) is 28.6 Å². The van der Waals surface area contributed by atoms with Crippen molar-refractivity contribution in [2.75, 3.05) is 5.75 Å². The van der Waals surface area contributed by atoms with Gasteiger partial charge in [-0.15, -0.1) is 0 Å². The molecule has 2 N–H and O–H groups in total. The van der Waals surface area contributed by atoms with E-state index >= 15 is 0 Å².